The fourth-order valence-electron chi connectivity index (χ4n) is 1.42. The van der Waals surface area contributed by atoms with E-state index in [0.29, 0.717) is 17.7 Å². The first-order valence-electron chi connectivity index (χ1n) is 6.22. The summed E-state index contributed by atoms with van der Waals surface area (Å²) in [7, 11) is 0.440. The van der Waals surface area contributed by atoms with E-state index in [1.807, 2.05) is 0 Å². The van der Waals surface area contributed by atoms with Gasteiger partial charge in [-0.15, -0.1) is 0 Å². The van der Waals surface area contributed by atoms with Crippen molar-refractivity contribution in [2.45, 2.75) is 32.2 Å². The van der Waals surface area contributed by atoms with E-state index in [2.05, 4.69) is 17.6 Å². The molecule has 5 nitrogen and oxygen atoms in total. The van der Waals surface area contributed by atoms with Gasteiger partial charge in [-0.25, -0.2) is 0 Å². The lowest BCUT2D eigenvalue weighted by Gasteiger charge is -2.20. The number of hydrogen-bond acceptors (Lipinski definition) is 4. The van der Waals surface area contributed by atoms with Gasteiger partial charge in [0.1, 0.15) is 0 Å². The van der Waals surface area contributed by atoms with E-state index in [-0.39, 0.29) is 0 Å². The Hall–Kier alpha value is -0.503. The van der Waals surface area contributed by atoms with E-state index in [1.165, 1.54) is 14.2 Å². The molecule has 0 saturated heterocycles. The molecule has 106 valence electrons. The van der Waals surface area contributed by atoms with Crippen molar-refractivity contribution in [3.05, 3.63) is 0 Å². The minimum absolute atomic E-state index is 0.633. The first kappa shape index (κ1) is 17.5. The Balaban J connectivity index is 3.71. The lowest BCUT2D eigenvalue weighted by molar-refractivity contribution is 0.258. The standard InChI is InChI=1S/C11H24N2O3SSi/c1-4-5-7-12-11(17)13-8-6-9-18(10-14,15-2)16-3/h10H,4-9H2,1-3H3,(H2,12,13,17). The number of carbonyl (C=O) groups excluding carboxylic acids is 1. The second kappa shape index (κ2) is 10.4. The van der Waals surface area contributed by atoms with E-state index in [9.17, 15) is 4.79 Å². The second-order valence-corrected chi connectivity index (χ2v) is 7.56. The van der Waals surface area contributed by atoms with Gasteiger partial charge in [-0.05, 0) is 31.1 Å². The average molecular weight is 292 g/mol. The van der Waals surface area contributed by atoms with E-state index in [4.69, 9.17) is 21.1 Å². The van der Waals surface area contributed by atoms with Gasteiger partial charge in [0.15, 0.2) is 11.0 Å². The summed E-state index contributed by atoms with van der Waals surface area (Å²) in [4.78, 5) is 10.9. The van der Waals surface area contributed by atoms with Crippen LogP contribution in [0.25, 0.3) is 0 Å². The maximum atomic E-state index is 10.9. The molecule has 7 heteroatoms. The number of carbonyl (C=O) groups is 1. The van der Waals surface area contributed by atoms with Gasteiger partial charge >= 0.3 is 8.56 Å². The molecule has 0 fully saturated rings. The molecule has 0 rings (SSSR count). The first-order valence-corrected chi connectivity index (χ1v) is 8.73. The Bertz CT molecular complexity index is 250. The number of thiocarbonyl (C=S) groups is 1. The summed E-state index contributed by atoms with van der Waals surface area (Å²) in [6.07, 6.45) is 3.04. The zero-order valence-electron chi connectivity index (χ0n) is 11.5. The predicted octanol–water partition coefficient (Wildman–Crippen LogP) is 1.15. The Morgan fingerprint density at radius 1 is 1.22 bits per heavy atom. The smallest absolute Gasteiger partial charge is 0.393 e. The molecule has 0 aliphatic rings. The van der Waals surface area contributed by atoms with E-state index < -0.39 is 8.56 Å². The summed E-state index contributed by atoms with van der Waals surface area (Å²) in [5, 5.41) is 6.89. The van der Waals surface area contributed by atoms with Crippen LogP contribution in [0.4, 0.5) is 0 Å². The predicted molar refractivity (Wildman–Crippen MR) is 79.5 cm³/mol. The third kappa shape index (κ3) is 7.05. The molecule has 0 spiro atoms. The summed E-state index contributed by atoms with van der Waals surface area (Å²) in [6.45, 7) is 3.75. The average Bonchev–Trinajstić information content (AvgIpc) is 2.40. The van der Waals surface area contributed by atoms with Crippen molar-refractivity contribution in [1.29, 1.82) is 0 Å². The van der Waals surface area contributed by atoms with E-state index in [1.54, 1.807) is 0 Å². The summed E-state index contributed by atoms with van der Waals surface area (Å²) < 4.78 is 10.4. The molecule has 0 aliphatic heterocycles. The highest BCUT2D eigenvalue weighted by molar-refractivity contribution is 7.80. The van der Waals surface area contributed by atoms with Crippen LogP contribution < -0.4 is 10.6 Å². The van der Waals surface area contributed by atoms with Gasteiger partial charge in [-0.2, -0.15) is 0 Å². The van der Waals surface area contributed by atoms with Crippen molar-refractivity contribution in [2.75, 3.05) is 27.3 Å². The summed E-state index contributed by atoms with van der Waals surface area (Å²) in [5.74, 6) is 0.824. The molecule has 0 aliphatic carbocycles. The molecular formula is C11H24N2O3SSi. The fraction of sp³-hybridized carbons (Fsp3) is 0.818. The van der Waals surface area contributed by atoms with Crippen LogP contribution in [-0.4, -0.2) is 46.9 Å². The molecule has 0 atom stereocenters. The third-order valence-corrected chi connectivity index (χ3v) is 5.75. The normalized spacial score (nSPS) is 11.1. The number of unbranched alkanes of at least 4 members (excludes halogenated alkanes) is 1. The maximum Gasteiger partial charge on any atom is 0.405 e. The van der Waals surface area contributed by atoms with Gasteiger partial charge in [0.2, 0.25) is 0 Å². The van der Waals surface area contributed by atoms with Crippen molar-refractivity contribution < 1.29 is 13.6 Å². The first-order chi connectivity index (χ1) is 8.64. The highest BCUT2D eigenvalue weighted by Gasteiger charge is 2.34. The summed E-state index contributed by atoms with van der Waals surface area (Å²) in [5.41, 5.74) is 0. The van der Waals surface area contributed by atoms with Crippen LogP contribution in [0.5, 0.6) is 0 Å². The number of nitrogens with one attached hydrogen (secondary N) is 2. The van der Waals surface area contributed by atoms with Crippen molar-refractivity contribution in [1.82, 2.24) is 10.6 Å². The van der Waals surface area contributed by atoms with E-state index >= 15 is 0 Å². The van der Waals surface area contributed by atoms with Crippen molar-refractivity contribution in [3.63, 3.8) is 0 Å². The van der Waals surface area contributed by atoms with Crippen LogP contribution in [-0.2, 0) is 13.6 Å². The third-order valence-electron chi connectivity index (χ3n) is 2.67. The topological polar surface area (TPSA) is 59.6 Å². The van der Waals surface area contributed by atoms with Crippen LogP contribution in [0.2, 0.25) is 6.04 Å². The molecule has 2 N–H and O–H groups in total. The largest absolute Gasteiger partial charge is 0.405 e. The highest BCUT2D eigenvalue weighted by atomic mass is 32.1. The van der Waals surface area contributed by atoms with Crippen LogP contribution >= 0.6 is 12.2 Å². The molecule has 0 aromatic rings. The second-order valence-electron chi connectivity index (χ2n) is 3.98. The quantitative estimate of drug-likeness (QED) is 0.273. The Morgan fingerprint density at radius 3 is 2.22 bits per heavy atom. The molecule has 0 radical (unpaired) electrons. The summed E-state index contributed by atoms with van der Waals surface area (Å²) >= 11 is 5.12. The molecule has 0 unspecified atom stereocenters. The number of rotatable bonds is 10. The van der Waals surface area contributed by atoms with Gasteiger partial charge in [0.25, 0.3) is 0 Å². The van der Waals surface area contributed by atoms with Gasteiger partial charge in [-0.1, -0.05) is 13.3 Å². The van der Waals surface area contributed by atoms with Gasteiger partial charge in [-0.3, -0.25) is 0 Å². The monoisotopic (exact) mass is 292 g/mol. The van der Waals surface area contributed by atoms with Crippen molar-refractivity contribution in [3.8, 4) is 0 Å². The molecule has 0 amide bonds. The molecule has 0 aromatic carbocycles. The van der Waals surface area contributed by atoms with E-state index in [0.717, 1.165) is 31.7 Å². The summed E-state index contributed by atoms with van der Waals surface area (Å²) in [6, 6.07) is 0.633. The maximum absolute atomic E-state index is 10.9. The molecule has 0 saturated carbocycles. The Labute approximate surface area is 116 Å². The number of hydrogen-bond donors (Lipinski definition) is 2. The van der Waals surface area contributed by atoms with Gasteiger partial charge in [0, 0.05) is 27.3 Å². The lowest BCUT2D eigenvalue weighted by atomic mass is 10.3. The van der Waals surface area contributed by atoms with Crippen LogP contribution in [0.1, 0.15) is 26.2 Å². The molecule has 0 heterocycles. The minimum Gasteiger partial charge on any atom is -0.393 e. The molecule has 0 bridgehead atoms. The highest BCUT2D eigenvalue weighted by Crippen LogP contribution is 2.10. The molecule has 0 aromatic heterocycles. The molecule has 18 heavy (non-hydrogen) atoms. The van der Waals surface area contributed by atoms with Crippen molar-refractivity contribution in [2.24, 2.45) is 0 Å². The van der Waals surface area contributed by atoms with Gasteiger partial charge < -0.3 is 24.3 Å². The SMILES string of the molecule is CCCCNC(=S)NCCC[Si](C=O)(OC)OC. The van der Waals surface area contributed by atoms with Crippen LogP contribution in [0.3, 0.4) is 0 Å². The molecular weight excluding hydrogens is 268 g/mol. The zero-order valence-corrected chi connectivity index (χ0v) is 13.3. The Kier molecular flexibility index (Phi) is 10.1. The van der Waals surface area contributed by atoms with Crippen LogP contribution in [0.15, 0.2) is 0 Å². The Morgan fingerprint density at radius 2 is 1.78 bits per heavy atom. The zero-order chi connectivity index (χ0) is 13.9. The minimum atomic E-state index is -2.60. The fourth-order valence-corrected chi connectivity index (χ4v) is 3.18. The van der Waals surface area contributed by atoms with Crippen molar-refractivity contribution >= 4 is 31.8 Å². The van der Waals surface area contributed by atoms with Crippen LogP contribution in [0, 0.1) is 0 Å². The lowest BCUT2D eigenvalue weighted by Crippen LogP contribution is -2.43. The van der Waals surface area contributed by atoms with Gasteiger partial charge in [0.05, 0.1) is 0 Å².